The summed E-state index contributed by atoms with van der Waals surface area (Å²) >= 11 is 0. The van der Waals surface area contributed by atoms with E-state index in [2.05, 4.69) is 34.3 Å². The van der Waals surface area contributed by atoms with Crippen LogP contribution in [0.3, 0.4) is 0 Å². The second-order valence-electron chi connectivity index (χ2n) is 5.66. The van der Waals surface area contributed by atoms with Gasteiger partial charge in [-0.1, -0.05) is 30.3 Å². The van der Waals surface area contributed by atoms with Crippen molar-refractivity contribution in [3.63, 3.8) is 0 Å². The molecule has 0 aliphatic carbocycles. The molecule has 0 atom stereocenters. The Balaban J connectivity index is 1.59. The van der Waals surface area contributed by atoms with Gasteiger partial charge in [0.25, 0.3) is 0 Å². The maximum absolute atomic E-state index is 5.95. The molecule has 1 aromatic carbocycles. The molecule has 0 radical (unpaired) electrons. The zero-order valence-corrected chi connectivity index (χ0v) is 12.7. The van der Waals surface area contributed by atoms with Crippen molar-refractivity contribution >= 4 is 0 Å². The topological polar surface area (TPSA) is 30.3 Å². The lowest BCUT2D eigenvalue weighted by Crippen LogP contribution is -2.25. The first-order valence-electron chi connectivity index (χ1n) is 7.75. The minimum absolute atomic E-state index is 0.736. The molecule has 2 aromatic rings. The van der Waals surface area contributed by atoms with Gasteiger partial charge in [-0.25, -0.2) is 4.68 Å². The number of likely N-dealkylation sites (tertiary alicyclic amines) is 1. The predicted molar refractivity (Wildman–Crippen MR) is 83.7 cm³/mol. The Morgan fingerprint density at radius 1 is 1.14 bits per heavy atom. The fourth-order valence-electron chi connectivity index (χ4n) is 2.79. The van der Waals surface area contributed by atoms with Crippen molar-refractivity contribution in [1.29, 1.82) is 0 Å². The van der Waals surface area contributed by atoms with Gasteiger partial charge in [-0.3, -0.25) is 4.90 Å². The second-order valence-corrected chi connectivity index (χ2v) is 5.66. The highest BCUT2D eigenvalue weighted by molar-refractivity contribution is 5.20. The molecule has 112 valence electrons. The number of ether oxygens (including phenoxy) is 1. The maximum atomic E-state index is 5.95. The van der Waals surface area contributed by atoms with Crippen LogP contribution in [0.15, 0.2) is 36.4 Å². The van der Waals surface area contributed by atoms with Gasteiger partial charge in [-0.2, -0.15) is 5.10 Å². The zero-order valence-electron chi connectivity index (χ0n) is 12.7. The minimum atomic E-state index is 0.736. The zero-order chi connectivity index (χ0) is 14.5. The summed E-state index contributed by atoms with van der Waals surface area (Å²) in [6, 6.07) is 12.4. The summed E-state index contributed by atoms with van der Waals surface area (Å²) < 4.78 is 7.90. The quantitative estimate of drug-likeness (QED) is 0.817. The monoisotopic (exact) mass is 285 g/mol. The molecule has 1 aliphatic heterocycles. The number of benzene rings is 1. The molecule has 1 fully saturated rings. The van der Waals surface area contributed by atoms with Crippen LogP contribution >= 0.6 is 0 Å². The SMILES string of the molecule is Cc1cc(OCCN2CCCC2)n(Cc2ccccc2)n1. The van der Waals surface area contributed by atoms with Crippen LogP contribution in [0.1, 0.15) is 24.1 Å². The van der Waals surface area contributed by atoms with Crippen molar-refractivity contribution < 1.29 is 4.74 Å². The normalized spacial score (nSPS) is 15.5. The van der Waals surface area contributed by atoms with Crippen LogP contribution < -0.4 is 4.74 Å². The van der Waals surface area contributed by atoms with E-state index in [1.165, 1.54) is 31.5 Å². The standard InChI is InChI=1S/C17H23N3O/c1-15-13-17(21-12-11-19-9-5-6-10-19)20(18-15)14-16-7-3-2-4-8-16/h2-4,7-8,13H,5-6,9-12,14H2,1H3. The first-order chi connectivity index (χ1) is 10.3. The van der Waals surface area contributed by atoms with Crippen molar-refractivity contribution in [3.8, 4) is 5.88 Å². The minimum Gasteiger partial charge on any atom is -0.476 e. The van der Waals surface area contributed by atoms with Gasteiger partial charge in [0.1, 0.15) is 6.61 Å². The molecule has 1 aliphatic rings. The van der Waals surface area contributed by atoms with Gasteiger partial charge in [0.15, 0.2) is 0 Å². The van der Waals surface area contributed by atoms with Gasteiger partial charge in [0.05, 0.1) is 12.2 Å². The lowest BCUT2D eigenvalue weighted by Gasteiger charge is -2.15. The van der Waals surface area contributed by atoms with Crippen LogP contribution in [0.25, 0.3) is 0 Å². The van der Waals surface area contributed by atoms with Gasteiger partial charge < -0.3 is 4.74 Å². The Kier molecular flexibility index (Phi) is 4.55. The highest BCUT2D eigenvalue weighted by Crippen LogP contribution is 2.16. The third-order valence-corrected chi connectivity index (χ3v) is 3.90. The summed E-state index contributed by atoms with van der Waals surface area (Å²) in [6.07, 6.45) is 2.65. The summed E-state index contributed by atoms with van der Waals surface area (Å²) in [7, 11) is 0. The molecule has 0 spiro atoms. The van der Waals surface area contributed by atoms with E-state index in [1.807, 2.05) is 23.7 Å². The number of aromatic nitrogens is 2. The first kappa shape index (κ1) is 14.1. The average molecular weight is 285 g/mol. The van der Waals surface area contributed by atoms with Crippen LogP contribution in [-0.2, 0) is 6.54 Å². The van der Waals surface area contributed by atoms with E-state index in [9.17, 15) is 0 Å². The fraction of sp³-hybridized carbons (Fsp3) is 0.471. The van der Waals surface area contributed by atoms with Crippen LogP contribution in [-0.4, -0.2) is 40.9 Å². The molecule has 0 N–H and O–H groups in total. The smallest absolute Gasteiger partial charge is 0.212 e. The van der Waals surface area contributed by atoms with Crippen molar-refractivity contribution in [2.75, 3.05) is 26.2 Å². The highest BCUT2D eigenvalue weighted by Gasteiger charge is 2.12. The molecular weight excluding hydrogens is 262 g/mol. The van der Waals surface area contributed by atoms with Crippen LogP contribution in [0.5, 0.6) is 5.88 Å². The molecule has 1 saturated heterocycles. The summed E-state index contributed by atoms with van der Waals surface area (Å²) in [5.74, 6) is 0.871. The summed E-state index contributed by atoms with van der Waals surface area (Å²) in [6.45, 7) is 6.94. The van der Waals surface area contributed by atoms with Gasteiger partial charge in [0, 0.05) is 12.6 Å². The molecule has 1 aromatic heterocycles. The van der Waals surface area contributed by atoms with Crippen molar-refractivity contribution in [2.45, 2.75) is 26.3 Å². The van der Waals surface area contributed by atoms with E-state index in [-0.39, 0.29) is 0 Å². The molecule has 4 nitrogen and oxygen atoms in total. The molecular formula is C17H23N3O. The fourth-order valence-corrected chi connectivity index (χ4v) is 2.79. The number of hydrogen-bond acceptors (Lipinski definition) is 3. The molecule has 21 heavy (non-hydrogen) atoms. The Bertz CT molecular complexity index is 559. The molecule has 4 heteroatoms. The number of nitrogens with zero attached hydrogens (tertiary/aromatic N) is 3. The molecule has 0 unspecified atom stereocenters. The second kappa shape index (κ2) is 6.76. The largest absolute Gasteiger partial charge is 0.476 e. The van der Waals surface area contributed by atoms with Gasteiger partial charge >= 0.3 is 0 Å². The number of hydrogen-bond donors (Lipinski definition) is 0. The highest BCUT2D eigenvalue weighted by atomic mass is 16.5. The Hall–Kier alpha value is -1.81. The van der Waals surface area contributed by atoms with Crippen molar-refractivity contribution in [1.82, 2.24) is 14.7 Å². The summed E-state index contributed by atoms with van der Waals surface area (Å²) in [5.41, 5.74) is 2.24. The molecule has 0 bridgehead atoms. The van der Waals surface area contributed by atoms with Crippen LogP contribution in [0.2, 0.25) is 0 Å². The van der Waals surface area contributed by atoms with Gasteiger partial charge in [-0.15, -0.1) is 0 Å². The third kappa shape index (κ3) is 3.85. The van der Waals surface area contributed by atoms with E-state index in [1.54, 1.807) is 0 Å². The van der Waals surface area contributed by atoms with E-state index < -0.39 is 0 Å². The van der Waals surface area contributed by atoms with E-state index >= 15 is 0 Å². The molecule has 0 saturated carbocycles. The number of aryl methyl sites for hydroxylation is 1. The van der Waals surface area contributed by atoms with Crippen LogP contribution in [0.4, 0.5) is 0 Å². The predicted octanol–water partition coefficient (Wildman–Crippen LogP) is 2.71. The summed E-state index contributed by atoms with van der Waals surface area (Å²) in [5, 5.41) is 4.53. The lowest BCUT2D eigenvalue weighted by molar-refractivity contribution is 0.223. The Morgan fingerprint density at radius 2 is 1.90 bits per heavy atom. The first-order valence-corrected chi connectivity index (χ1v) is 7.75. The van der Waals surface area contributed by atoms with Crippen molar-refractivity contribution in [3.05, 3.63) is 47.7 Å². The molecule has 2 heterocycles. The molecule has 0 amide bonds. The molecule has 3 rings (SSSR count). The average Bonchev–Trinajstić information content (AvgIpc) is 3.11. The van der Waals surface area contributed by atoms with E-state index in [0.29, 0.717) is 0 Å². The Labute approximate surface area is 126 Å². The van der Waals surface area contributed by atoms with E-state index in [0.717, 1.165) is 31.3 Å². The number of rotatable bonds is 6. The Morgan fingerprint density at radius 3 is 2.67 bits per heavy atom. The summed E-state index contributed by atoms with van der Waals surface area (Å²) in [4.78, 5) is 2.46. The van der Waals surface area contributed by atoms with Crippen LogP contribution in [0, 0.1) is 6.92 Å². The van der Waals surface area contributed by atoms with E-state index in [4.69, 9.17) is 4.74 Å². The lowest BCUT2D eigenvalue weighted by atomic mass is 10.2. The van der Waals surface area contributed by atoms with Gasteiger partial charge in [-0.05, 0) is 38.4 Å². The van der Waals surface area contributed by atoms with Gasteiger partial charge in [0.2, 0.25) is 5.88 Å². The maximum Gasteiger partial charge on any atom is 0.212 e. The third-order valence-electron chi connectivity index (χ3n) is 3.90. The van der Waals surface area contributed by atoms with Crippen molar-refractivity contribution in [2.24, 2.45) is 0 Å².